The Morgan fingerprint density at radius 2 is 1.85 bits per heavy atom. The van der Waals surface area contributed by atoms with Crippen molar-refractivity contribution in [2.75, 3.05) is 0 Å². The Kier molecular flexibility index (Phi) is 6.55. The third-order valence-electron chi connectivity index (χ3n) is 6.73. The molecule has 6 heteroatoms. The molecule has 2 heterocycles. The summed E-state index contributed by atoms with van der Waals surface area (Å²) in [5.41, 5.74) is 12.4. The first kappa shape index (κ1) is 21.9. The quantitative estimate of drug-likeness (QED) is 0.407. The number of hydrogen-bond acceptors (Lipinski definition) is 4. The Bertz CT molecular complexity index is 1190. The topological polar surface area (TPSA) is 72.9 Å². The lowest BCUT2D eigenvalue weighted by Gasteiger charge is -2.27. The number of para-hydroxylation sites is 1. The number of fused-ring (bicyclic) bond motifs is 1. The van der Waals surface area contributed by atoms with Gasteiger partial charge in [0.15, 0.2) is 0 Å². The summed E-state index contributed by atoms with van der Waals surface area (Å²) in [6.07, 6.45) is 6.50. The van der Waals surface area contributed by atoms with E-state index in [1.807, 2.05) is 11.6 Å². The fourth-order valence-corrected chi connectivity index (χ4v) is 5.58. The van der Waals surface area contributed by atoms with Gasteiger partial charge in [0.1, 0.15) is 0 Å². The fraction of sp³-hybridized carbons (Fsp3) is 0.333. The average Bonchev–Trinajstić information content (AvgIpc) is 3.49. The van der Waals surface area contributed by atoms with Gasteiger partial charge in [-0.2, -0.15) is 0 Å². The summed E-state index contributed by atoms with van der Waals surface area (Å²) in [7, 11) is 0. The third-order valence-corrected chi connectivity index (χ3v) is 7.33. The Labute approximate surface area is 198 Å². The van der Waals surface area contributed by atoms with Crippen LogP contribution in [-0.2, 0) is 11.3 Å². The van der Waals surface area contributed by atoms with E-state index < -0.39 is 0 Å². The van der Waals surface area contributed by atoms with Crippen molar-refractivity contribution < 1.29 is 4.79 Å². The molecule has 0 aliphatic heterocycles. The van der Waals surface area contributed by atoms with Crippen LogP contribution in [0.15, 0.2) is 71.7 Å². The van der Waals surface area contributed by atoms with Crippen molar-refractivity contribution in [3.05, 3.63) is 88.5 Å². The molecular formula is C27H30N4OS. The minimum Gasteiger partial charge on any atom is -0.353 e. The Balaban J connectivity index is 1.44. The molecule has 4 aromatic rings. The molecule has 0 radical (unpaired) electrons. The number of carbonyl (C=O) groups excluding carboxylic acids is 1. The summed E-state index contributed by atoms with van der Waals surface area (Å²) < 4.78 is 2.29. The molecule has 0 spiro atoms. The van der Waals surface area contributed by atoms with E-state index >= 15 is 0 Å². The van der Waals surface area contributed by atoms with Gasteiger partial charge in [-0.05, 0) is 42.9 Å². The average molecular weight is 459 g/mol. The highest BCUT2D eigenvalue weighted by Crippen LogP contribution is 2.35. The van der Waals surface area contributed by atoms with E-state index in [-0.39, 0.29) is 23.9 Å². The molecule has 1 saturated carbocycles. The number of benzene rings is 2. The number of nitrogens with one attached hydrogen (secondary N) is 1. The van der Waals surface area contributed by atoms with Gasteiger partial charge in [-0.3, -0.25) is 4.79 Å². The van der Waals surface area contributed by atoms with E-state index in [0.717, 1.165) is 43.5 Å². The van der Waals surface area contributed by atoms with Gasteiger partial charge in [-0.1, -0.05) is 48.5 Å². The number of nitrogens with two attached hydrogens (primary N) is 1. The molecule has 2 aromatic carbocycles. The zero-order valence-electron chi connectivity index (χ0n) is 18.7. The van der Waals surface area contributed by atoms with Crippen LogP contribution in [0, 0.1) is 0 Å². The molecule has 5 rings (SSSR count). The largest absolute Gasteiger partial charge is 0.353 e. The molecule has 0 bridgehead atoms. The Morgan fingerprint density at radius 3 is 2.61 bits per heavy atom. The maximum Gasteiger partial charge on any atom is 0.221 e. The summed E-state index contributed by atoms with van der Waals surface area (Å²) >= 11 is 1.58. The lowest BCUT2D eigenvalue weighted by molar-refractivity contribution is -0.122. The van der Waals surface area contributed by atoms with Gasteiger partial charge in [0.05, 0.1) is 11.2 Å². The van der Waals surface area contributed by atoms with Crippen molar-refractivity contribution in [1.29, 1.82) is 0 Å². The Morgan fingerprint density at radius 1 is 1.09 bits per heavy atom. The van der Waals surface area contributed by atoms with Gasteiger partial charge in [-0.15, -0.1) is 11.3 Å². The molecule has 1 unspecified atom stereocenters. The van der Waals surface area contributed by atoms with Crippen LogP contribution in [-0.4, -0.2) is 27.5 Å². The first-order chi connectivity index (χ1) is 16.2. The highest BCUT2D eigenvalue weighted by Gasteiger charge is 2.26. The van der Waals surface area contributed by atoms with Crippen LogP contribution in [0.2, 0.25) is 0 Å². The Hall–Kier alpha value is -2.96. The predicted octanol–water partition coefficient (Wildman–Crippen LogP) is 5.05. The van der Waals surface area contributed by atoms with E-state index in [0.29, 0.717) is 6.42 Å². The second kappa shape index (κ2) is 9.89. The number of carbonyl (C=O) groups is 1. The van der Waals surface area contributed by atoms with Crippen LogP contribution in [0.3, 0.4) is 0 Å². The van der Waals surface area contributed by atoms with Gasteiger partial charge in [-0.25, -0.2) is 4.98 Å². The summed E-state index contributed by atoms with van der Waals surface area (Å²) in [5, 5.41) is 6.52. The monoisotopic (exact) mass is 458 g/mol. The standard InChI is InChI=1S/C27H30N4OS/c28-20-10-12-21(13-11-20)30-27(32)14-23(25-17-33-18-29-25)24-16-31(15-19-6-2-1-3-7-19)26-9-5-4-8-22(24)26/h1-9,16-18,20-21,23H,10-15,28H2,(H,30,32). The van der Waals surface area contributed by atoms with E-state index in [1.54, 1.807) is 11.3 Å². The van der Waals surface area contributed by atoms with E-state index in [2.05, 4.69) is 75.0 Å². The van der Waals surface area contributed by atoms with E-state index in [1.165, 1.54) is 16.5 Å². The first-order valence-electron chi connectivity index (χ1n) is 11.7. The molecule has 1 fully saturated rings. The van der Waals surface area contributed by atoms with Gasteiger partial charge >= 0.3 is 0 Å². The zero-order valence-corrected chi connectivity index (χ0v) is 19.5. The van der Waals surface area contributed by atoms with Crippen molar-refractivity contribution in [2.24, 2.45) is 5.73 Å². The number of nitrogens with zero attached hydrogens (tertiary/aromatic N) is 2. The molecule has 3 N–H and O–H groups in total. The minimum absolute atomic E-state index is 0.0796. The molecule has 1 amide bonds. The first-order valence-corrected chi connectivity index (χ1v) is 12.7. The lowest BCUT2D eigenvalue weighted by Crippen LogP contribution is -2.40. The van der Waals surface area contributed by atoms with Crippen molar-refractivity contribution in [3.63, 3.8) is 0 Å². The number of aromatic nitrogens is 2. The molecule has 2 aromatic heterocycles. The van der Waals surface area contributed by atoms with Crippen LogP contribution in [0.5, 0.6) is 0 Å². The molecule has 0 saturated heterocycles. The lowest BCUT2D eigenvalue weighted by atomic mass is 9.90. The number of hydrogen-bond donors (Lipinski definition) is 2. The van der Waals surface area contributed by atoms with Crippen molar-refractivity contribution >= 4 is 28.1 Å². The van der Waals surface area contributed by atoms with Crippen LogP contribution < -0.4 is 11.1 Å². The fourth-order valence-electron chi connectivity index (χ4n) is 4.97. The number of rotatable bonds is 7. The van der Waals surface area contributed by atoms with Crippen molar-refractivity contribution in [2.45, 2.75) is 56.7 Å². The maximum atomic E-state index is 13.1. The maximum absolute atomic E-state index is 13.1. The minimum atomic E-state index is -0.0796. The molecule has 1 aliphatic carbocycles. The second-order valence-corrected chi connectivity index (χ2v) is 9.78. The van der Waals surface area contributed by atoms with Crippen LogP contribution in [0.4, 0.5) is 0 Å². The molecule has 33 heavy (non-hydrogen) atoms. The SMILES string of the molecule is NC1CCC(NC(=O)CC(c2cscn2)c2cn(Cc3ccccc3)c3ccccc23)CC1. The molecule has 5 nitrogen and oxygen atoms in total. The second-order valence-electron chi connectivity index (χ2n) is 9.06. The molecule has 1 atom stereocenters. The smallest absolute Gasteiger partial charge is 0.221 e. The summed E-state index contributed by atoms with van der Waals surface area (Å²) in [4.78, 5) is 17.7. The van der Waals surface area contributed by atoms with E-state index in [9.17, 15) is 4.79 Å². The summed E-state index contributed by atoms with van der Waals surface area (Å²) in [6, 6.07) is 19.5. The molecule has 1 aliphatic rings. The number of thiazole rings is 1. The summed E-state index contributed by atoms with van der Waals surface area (Å²) in [6.45, 7) is 0.791. The zero-order chi connectivity index (χ0) is 22.6. The van der Waals surface area contributed by atoms with Gasteiger partial charge in [0.2, 0.25) is 5.91 Å². The predicted molar refractivity (Wildman–Crippen MR) is 134 cm³/mol. The normalized spacial score (nSPS) is 19.4. The van der Waals surface area contributed by atoms with E-state index in [4.69, 9.17) is 5.73 Å². The van der Waals surface area contributed by atoms with Crippen LogP contribution in [0.25, 0.3) is 10.9 Å². The van der Waals surface area contributed by atoms with Crippen molar-refractivity contribution in [3.8, 4) is 0 Å². The third kappa shape index (κ3) is 5.02. The highest BCUT2D eigenvalue weighted by atomic mass is 32.1. The van der Waals surface area contributed by atoms with Gasteiger partial charge < -0.3 is 15.6 Å². The number of amides is 1. The summed E-state index contributed by atoms with van der Waals surface area (Å²) in [5.74, 6) is 0.0115. The molecule has 170 valence electrons. The van der Waals surface area contributed by atoms with Gasteiger partial charge in [0, 0.05) is 53.4 Å². The molecular weight excluding hydrogens is 428 g/mol. The van der Waals surface area contributed by atoms with Crippen LogP contribution >= 0.6 is 11.3 Å². The van der Waals surface area contributed by atoms with Crippen molar-refractivity contribution in [1.82, 2.24) is 14.9 Å². The van der Waals surface area contributed by atoms with Gasteiger partial charge in [0.25, 0.3) is 0 Å². The van der Waals surface area contributed by atoms with Crippen LogP contribution in [0.1, 0.15) is 54.8 Å². The highest BCUT2D eigenvalue weighted by molar-refractivity contribution is 7.07.